The Labute approximate surface area is 230 Å². The van der Waals surface area contributed by atoms with E-state index in [0.717, 1.165) is 5.56 Å². The van der Waals surface area contributed by atoms with Crippen molar-refractivity contribution in [2.75, 3.05) is 6.54 Å². The van der Waals surface area contributed by atoms with Crippen LogP contribution in [-0.2, 0) is 40.0 Å². The first kappa shape index (κ1) is 33.4. The van der Waals surface area contributed by atoms with Gasteiger partial charge < -0.3 is 30.2 Å². The lowest BCUT2D eigenvalue weighted by Gasteiger charge is -2.28. The van der Waals surface area contributed by atoms with Crippen LogP contribution in [0.4, 0.5) is 4.79 Å². The van der Waals surface area contributed by atoms with Crippen LogP contribution in [0.2, 0.25) is 0 Å². The van der Waals surface area contributed by atoms with Gasteiger partial charge in [0.1, 0.15) is 29.9 Å². The SMILES string of the molecule is CC(C)[C@H](NC(=O)[C@H](CC(=O)OC(C)(C)C)NC(=O)CCNC(=O)OCc1ccccc1)C(=O)OC(C)(C)C. The Bertz CT molecular complexity index is 981. The fourth-order valence-corrected chi connectivity index (χ4v) is 3.19. The molecule has 2 atom stereocenters. The third kappa shape index (κ3) is 14.8. The number of nitrogens with one attached hydrogen (secondary N) is 3. The molecule has 0 spiro atoms. The van der Waals surface area contributed by atoms with E-state index in [1.165, 1.54) is 0 Å². The molecule has 0 aliphatic rings. The van der Waals surface area contributed by atoms with Crippen LogP contribution < -0.4 is 16.0 Å². The molecule has 0 radical (unpaired) electrons. The van der Waals surface area contributed by atoms with Crippen molar-refractivity contribution in [3.8, 4) is 0 Å². The molecule has 39 heavy (non-hydrogen) atoms. The topological polar surface area (TPSA) is 149 Å². The molecule has 1 aromatic rings. The minimum atomic E-state index is -1.32. The highest BCUT2D eigenvalue weighted by Crippen LogP contribution is 2.14. The van der Waals surface area contributed by atoms with Crippen molar-refractivity contribution < 1.29 is 38.2 Å². The predicted octanol–water partition coefficient (Wildman–Crippen LogP) is 3.00. The summed E-state index contributed by atoms with van der Waals surface area (Å²) in [5.74, 6) is -3.00. The lowest BCUT2D eigenvalue weighted by Crippen LogP contribution is -2.55. The summed E-state index contributed by atoms with van der Waals surface area (Å²) in [6, 6.07) is 6.78. The second kappa shape index (κ2) is 15.1. The van der Waals surface area contributed by atoms with Gasteiger partial charge in [0.25, 0.3) is 0 Å². The fraction of sp³-hybridized carbons (Fsp3) is 0.607. The summed E-state index contributed by atoms with van der Waals surface area (Å²) in [6.45, 7) is 13.6. The summed E-state index contributed by atoms with van der Waals surface area (Å²) in [5, 5.41) is 7.56. The molecule has 0 fully saturated rings. The summed E-state index contributed by atoms with van der Waals surface area (Å²) >= 11 is 0. The Morgan fingerprint density at radius 3 is 1.97 bits per heavy atom. The molecule has 0 aromatic heterocycles. The van der Waals surface area contributed by atoms with E-state index >= 15 is 0 Å². The number of hydrogen-bond acceptors (Lipinski definition) is 8. The molecule has 0 bridgehead atoms. The number of hydrogen-bond donors (Lipinski definition) is 3. The smallest absolute Gasteiger partial charge is 0.407 e. The second-order valence-corrected chi connectivity index (χ2v) is 11.4. The van der Waals surface area contributed by atoms with Crippen LogP contribution >= 0.6 is 0 Å². The largest absolute Gasteiger partial charge is 0.460 e. The summed E-state index contributed by atoms with van der Waals surface area (Å²) in [5.41, 5.74) is -0.759. The number of rotatable bonds is 12. The molecular formula is C28H43N3O8. The van der Waals surface area contributed by atoms with E-state index in [9.17, 15) is 24.0 Å². The molecule has 218 valence electrons. The summed E-state index contributed by atoms with van der Waals surface area (Å²) < 4.78 is 15.8. The van der Waals surface area contributed by atoms with Gasteiger partial charge in [-0.25, -0.2) is 9.59 Å². The Balaban J connectivity index is 2.79. The van der Waals surface area contributed by atoms with Gasteiger partial charge in [-0.3, -0.25) is 14.4 Å². The highest BCUT2D eigenvalue weighted by atomic mass is 16.6. The number of benzene rings is 1. The van der Waals surface area contributed by atoms with Crippen molar-refractivity contribution in [2.24, 2.45) is 5.92 Å². The molecule has 0 saturated carbocycles. The van der Waals surface area contributed by atoms with Gasteiger partial charge in [0.05, 0.1) is 6.42 Å². The van der Waals surface area contributed by atoms with E-state index < -0.39 is 59.6 Å². The van der Waals surface area contributed by atoms with Crippen molar-refractivity contribution in [3.05, 3.63) is 35.9 Å². The van der Waals surface area contributed by atoms with Crippen LogP contribution in [0.1, 0.15) is 73.8 Å². The number of amides is 3. The zero-order valence-electron chi connectivity index (χ0n) is 24.2. The normalized spacial score (nSPS) is 13.1. The average Bonchev–Trinajstić information content (AvgIpc) is 2.78. The van der Waals surface area contributed by atoms with Crippen molar-refractivity contribution >= 4 is 29.8 Å². The quantitative estimate of drug-likeness (QED) is 0.266. The third-order valence-corrected chi connectivity index (χ3v) is 4.90. The zero-order valence-corrected chi connectivity index (χ0v) is 24.2. The summed E-state index contributed by atoms with van der Waals surface area (Å²) in [6.07, 6.45) is -1.34. The Morgan fingerprint density at radius 2 is 1.44 bits per heavy atom. The number of esters is 2. The monoisotopic (exact) mass is 549 g/mol. The molecule has 1 aromatic carbocycles. The summed E-state index contributed by atoms with van der Waals surface area (Å²) in [4.78, 5) is 62.8. The first-order valence-corrected chi connectivity index (χ1v) is 13.0. The van der Waals surface area contributed by atoms with Crippen molar-refractivity contribution in [1.29, 1.82) is 0 Å². The van der Waals surface area contributed by atoms with Crippen molar-refractivity contribution in [2.45, 2.75) is 98.1 Å². The van der Waals surface area contributed by atoms with Gasteiger partial charge in [-0.1, -0.05) is 44.2 Å². The van der Waals surface area contributed by atoms with Crippen LogP contribution in [0.15, 0.2) is 30.3 Å². The van der Waals surface area contributed by atoms with Crippen LogP contribution in [0, 0.1) is 5.92 Å². The molecule has 0 saturated heterocycles. The lowest BCUT2D eigenvalue weighted by atomic mass is 10.0. The van der Waals surface area contributed by atoms with Gasteiger partial charge in [0.15, 0.2) is 0 Å². The van der Waals surface area contributed by atoms with E-state index in [1.54, 1.807) is 55.4 Å². The van der Waals surface area contributed by atoms with Gasteiger partial charge in [-0.2, -0.15) is 0 Å². The first-order chi connectivity index (χ1) is 18.0. The highest BCUT2D eigenvalue weighted by molar-refractivity contribution is 5.93. The molecule has 0 heterocycles. The highest BCUT2D eigenvalue weighted by Gasteiger charge is 2.33. The van der Waals surface area contributed by atoms with Gasteiger partial charge in [-0.05, 0) is 53.0 Å². The van der Waals surface area contributed by atoms with Crippen LogP contribution in [0.25, 0.3) is 0 Å². The zero-order chi connectivity index (χ0) is 29.8. The predicted molar refractivity (Wildman–Crippen MR) is 144 cm³/mol. The number of carbonyl (C=O) groups is 5. The number of alkyl carbamates (subject to hydrolysis) is 1. The number of carbonyl (C=O) groups excluding carboxylic acids is 5. The molecule has 1 rings (SSSR count). The molecule has 0 aliphatic carbocycles. The molecule has 3 amide bonds. The lowest BCUT2D eigenvalue weighted by molar-refractivity contribution is -0.160. The van der Waals surface area contributed by atoms with Crippen LogP contribution in [-0.4, -0.2) is 59.7 Å². The molecule has 11 heteroatoms. The Kier molecular flexibility index (Phi) is 12.9. The molecule has 3 N–H and O–H groups in total. The summed E-state index contributed by atoms with van der Waals surface area (Å²) in [7, 11) is 0. The molecule has 11 nitrogen and oxygen atoms in total. The van der Waals surface area contributed by atoms with Gasteiger partial charge in [0.2, 0.25) is 11.8 Å². The maximum absolute atomic E-state index is 13.1. The minimum absolute atomic E-state index is 0.0627. The van der Waals surface area contributed by atoms with Crippen molar-refractivity contribution in [1.82, 2.24) is 16.0 Å². The van der Waals surface area contributed by atoms with E-state index in [4.69, 9.17) is 14.2 Å². The first-order valence-electron chi connectivity index (χ1n) is 13.0. The molecule has 0 aliphatic heterocycles. The fourth-order valence-electron chi connectivity index (χ4n) is 3.19. The second-order valence-electron chi connectivity index (χ2n) is 11.4. The van der Waals surface area contributed by atoms with Gasteiger partial charge in [0, 0.05) is 13.0 Å². The van der Waals surface area contributed by atoms with E-state index in [1.807, 2.05) is 30.3 Å². The minimum Gasteiger partial charge on any atom is -0.460 e. The van der Waals surface area contributed by atoms with E-state index in [2.05, 4.69) is 16.0 Å². The Morgan fingerprint density at radius 1 is 0.846 bits per heavy atom. The Hall–Kier alpha value is -3.63. The maximum Gasteiger partial charge on any atom is 0.407 e. The van der Waals surface area contributed by atoms with Crippen LogP contribution in [0.3, 0.4) is 0 Å². The standard InChI is InChI=1S/C28H43N3O8/c1-18(2)23(25(35)39-28(6,7)8)31-24(34)20(16-22(33)38-27(3,4)5)30-21(32)14-15-29-26(36)37-17-19-12-10-9-11-13-19/h9-13,18,20,23H,14-17H2,1-8H3,(H,29,36)(H,30,32)(H,31,34)/t20-,23-/m0/s1. The third-order valence-electron chi connectivity index (χ3n) is 4.90. The molecule has 0 unspecified atom stereocenters. The number of ether oxygens (including phenoxy) is 3. The van der Waals surface area contributed by atoms with E-state index in [0.29, 0.717) is 0 Å². The average molecular weight is 550 g/mol. The maximum atomic E-state index is 13.1. The van der Waals surface area contributed by atoms with Crippen LogP contribution in [0.5, 0.6) is 0 Å². The molecular weight excluding hydrogens is 506 g/mol. The van der Waals surface area contributed by atoms with Gasteiger partial charge in [-0.15, -0.1) is 0 Å². The van der Waals surface area contributed by atoms with Crippen molar-refractivity contribution in [3.63, 3.8) is 0 Å². The van der Waals surface area contributed by atoms with Gasteiger partial charge >= 0.3 is 18.0 Å². The van der Waals surface area contributed by atoms with E-state index in [-0.39, 0.29) is 25.5 Å².